The van der Waals surface area contributed by atoms with Crippen LogP contribution in [0, 0.1) is 0 Å². The van der Waals surface area contributed by atoms with E-state index in [4.69, 9.17) is 15.1 Å². The number of nitrogens with two attached hydrogens (primary N) is 3. The summed E-state index contributed by atoms with van der Waals surface area (Å²) in [6, 6.07) is 4.46. The number of primary amides is 2. The summed E-state index contributed by atoms with van der Waals surface area (Å²) in [7, 11) is -4.08. The lowest BCUT2D eigenvalue weighted by Crippen LogP contribution is -2.18. The molecule has 0 aliphatic carbocycles. The Balaban J connectivity index is 0.000000423. The third kappa shape index (κ3) is 6.29. The smallest absolute Gasteiger partial charge is 0.309 e. The van der Waals surface area contributed by atoms with Gasteiger partial charge in [0.1, 0.15) is 0 Å². The molecule has 0 atom stereocenters. The van der Waals surface area contributed by atoms with E-state index in [1.165, 1.54) is 24.3 Å². The van der Waals surface area contributed by atoms with Gasteiger partial charge in [0.2, 0.25) is 0 Å². The van der Waals surface area contributed by atoms with Crippen LogP contribution >= 0.6 is 0 Å². The van der Waals surface area contributed by atoms with E-state index in [2.05, 4.69) is 11.5 Å². The second-order valence-corrected chi connectivity index (χ2v) is 3.87. The zero-order valence-corrected chi connectivity index (χ0v) is 8.44. The number of carbonyl (C=O) groups excluding carboxylic acids is 1. The highest BCUT2D eigenvalue weighted by molar-refractivity contribution is 7.85. The first-order valence-electron chi connectivity index (χ1n) is 3.61. The van der Waals surface area contributed by atoms with Crippen LogP contribution in [0.5, 0.6) is 0 Å². The predicted molar refractivity (Wildman–Crippen MR) is 54.4 cm³/mol. The molecular formula is C7H11N3O4S. The number of anilines is 1. The molecule has 2 amide bonds. The summed E-state index contributed by atoms with van der Waals surface area (Å²) in [4.78, 5) is 8.85. The van der Waals surface area contributed by atoms with Crippen molar-refractivity contribution in [2.75, 3.05) is 5.73 Å². The Labute approximate surface area is 86.6 Å². The number of carbonyl (C=O) groups is 1. The number of nitrogen functional groups attached to an aromatic ring is 1. The molecule has 0 unspecified atom stereocenters. The number of hydrogen-bond donors (Lipinski definition) is 4. The Morgan fingerprint density at radius 2 is 1.47 bits per heavy atom. The normalized spacial score (nSPS) is 9.93. The topological polar surface area (TPSA) is 149 Å². The quantitative estimate of drug-likeness (QED) is 0.382. The van der Waals surface area contributed by atoms with Crippen LogP contribution in [-0.4, -0.2) is 19.0 Å². The standard InChI is InChI=1S/C6H7NO3S.CH4N2O/c7-5-1-3-6(4-2-5)11(8,9)10;2-1(3)4/h1-4H,7H2,(H,8,9,10);(H4,2,3,4). The van der Waals surface area contributed by atoms with Gasteiger partial charge in [-0.2, -0.15) is 8.42 Å². The Kier molecular flexibility index (Phi) is 4.55. The Hall–Kier alpha value is -1.80. The van der Waals surface area contributed by atoms with Crippen molar-refractivity contribution in [1.82, 2.24) is 0 Å². The number of benzene rings is 1. The molecule has 7 nitrogen and oxygen atoms in total. The lowest BCUT2D eigenvalue weighted by molar-refractivity contribution is 0.256. The van der Waals surface area contributed by atoms with E-state index < -0.39 is 16.1 Å². The Morgan fingerprint density at radius 1 is 1.13 bits per heavy atom. The summed E-state index contributed by atoms with van der Waals surface area (Å²) in [5.41, 5.74) is 14.2. The number of amides is 2. The molecule has 0 saturated carbocycles. The summed E-state index contributed by atoms with van der Waals surface area (Å²) in [5, 5.41) is 0. The fourth-order valence-electron chi connectivity index (χ4n) is 0.640. The lowest BCUT2D eigenvalue weighted by atomic mass is 10.3. The largest absolute Gasteiger partial charge is 0.399 e. The zero-order chi connectivity index (χ0) is 12.1. The van der Waals surface area contributed by atoms with E-state index in [1.54, 1.807) is 0 Å². The van der Waals surface area contributed by atoms with Gasteiger partial charge >= 0.3 is 6.03 Å². The third-order valence-electron chi connectivity index (χ3n) is 1.18. The van der Waals surface area contributed by atoms with Crippen LogP contribution in [0.2, 0.25) is 0 Å². The van der Waals surface area contributed by atoms with Gasteiger partial charge in [-0.1, -0.05) is 0 Å². The predicted octanol–water partition coefficient (Wildman–Crippen LogP) is -0.461. The van der Waals surface area contributed by atoms with Gasteiger partial charge in [-0.3, -0.25) is 4.55 Å². The van der Waals surface area contributed by atoms with Crippen molar-refractivity contribution >= 4 is 21.8 Å². The third-order valence-corrected chi connectivity index (χ3v) is 2.05. The van der Waals surface area contributed by atoms with Crippen molar-refractivity contribution in [3.05, 3.63) is 24.3 Å². The molecule has 1 aromatic carbocycles. The summed E-state index contributed by atoms with van der Waals surface area (Å²) < 4.78 is 29.4. The molecule has 0 heterocycles. The van der Waals surface area contributed by atoms with E-state index in [0.29, 0.717) is 5.69 Å². The molecule has 1 rings (SSSR count). The summed E-state index contributed by atoms with van der Waals surface area (Å²) >= 11 is 0. The van der Waals surface area contributed by atoms with Crippen LogP contribution < -0.4 is 17.2 Å². The first-order valence-corrected chi connectivity index (χ1v) is 5.05. The molecule has 15 heavy (non-hydrogen) atoms. The van der Waals surface area contributed by atoms with Gasteiger partial charge in [0.25, 0.3) is 10.1 Å². The van der Waals surface area contributed by atoms with E-state index in [1.807, 2.05) is 0 Å². The monoisotopic (exact) mass is 233 g/mol. The first kappa shape index (κ1) is 13.2. The van der Waals surface area contributed by atoms with Crippen molar-refractivity contribution in [3.63, 3.8) is 0 Å². The van der Waals surface area contributed by atoms with Crippen LogP contribution in [-0.2, 0) is 10.1 Å². The van der Waals surface area contributed by atoms with Crippen molar-refractivity contribution < 1.29 is 17.8 Å². The highest BCUT2D eigenvalue weighted by Gasteiger charge is 2.06. The molecule has 0 aliphatic rings. The van der Waals surface area contributed by atoms with Crippen molar-refractivity contribution in [2.45, 2.75) is 4.90 Å². The second kappa shape index (κ2) is 5.17. The molecular weight excluding hydrogens is 222 g/mol. The molecule has 0 bridgehead atoms. The number of rotatable bonds is 1. The van der Waals surface area contributed by atoms with E-state index in [9.17, 15) is 8.42 Å². The van der Waals surface area contributed by atoms with Crippen LogP contribution in [0.4, 0.5) is 10.5 Å². The maximum atomic E-state index is 10.5. The molecule has 8 heteroatoms. The zero-order valence-electron chi connectivity index (χ0n) is 7.62. The van der Waals surface area contributed by atoms with Gasteiger partial charge in [-0.05, 0) is 24.3 Å². The fraction of sp³-hybridized carbons (Fsp3) is 0. The average Bonchev–Trinajstić information content (AvgIpc) is 2.01. The molecule has 0 spiro atoms. The summed E-state index contributed by atoms with van der Waals surface area (Å²) in [6.07, 6.45) is 0. The van der Waals surface area contributed by atoms with Crippen LogP contribution in [0.1, 0.15) is 0 Å². The summed E-state index contributed by atoms with van der Waals surface area (Å²) in [6.45, 7) is 0. The summed E-state index contributed by atoms with van der Waals surface area (Å²) in [5.74, 6) is 0. The highest BCUT2D eigenvalue weighted by atomic mass is 32.2. The minimum absolute atomic E-state index is 0.147. The SMILES string of the molecule is NC(N)=O.Nc1ccc(S(=O)(=O)O)cc1. The van der Waals surface area contributed by atoms with Crippen molar-refractivity contribution in [2.24, 2.45) is 11.5 Å². The van der Waals surface area contributed by atoms with Gasteiger partial charge in [0, 0.05) is 5.69 Å². The molecule has 0 aliphatic heterocycles. The van der Waals surface area contributed by atoms with Crippen molar-refractivity contribution in [1.29, 1.82) is 0 Å². The molecule has 0 saturated heterocycles. The number of urea groups is 1. The molecule has 1 aromatic rings. The minimum atomic E-state index is -4.08. The van der Waals surface area contributed by atoms with E-state index in [0.717, 1.165) is 0 Å². The highest BCUT2D eigenvalue weighted by Crippen LogP contribution is 2.10. The lowest BCUT2D eigenvalue weighted by Gasteiger charge is -1.95. The van der Waals surface area contributed by atoms with Gasteiger partial charge in [0.15, 0.2) is 0 Å². The van der Waals surface area contributed by atoms with Gasteiger partial charge in [-0.15, -0.1) is 0 Å². The first-order chi connectivity index (χ1) is 6.73. The maximum absolute atomic E-state index is 10.5. The van der Waals surface area contributed by atoms with Gasteiger partial charge in [0.05, 0.1) is 4.90 Å². The van der Waals surface area contributed by atoms with Crippen LogP contribution in [0.3, 0.4) is 0 Å². The average molecular weight is 233 g/mol. The second-order valence-electron chi connectivity index (χ2n) is 2.45. The van der Waals surface area contributed by atoms with Crippen molar-refractivity contribution in [3.8, 4) is 0 Å². The molecule has 84 valence electrons. The van der Waals surface area contributed by atoms with E-state index in [-0.39, 0.29) is 4.90 Å². The number of hydrogen-bond acceptors (Lipinski definition) is 4. The van der Waals surface area contributed by atoms with Gasteiger partial charge in [-0.25, -0.2) is 4.79 Å². The van der Waals surface area contributed by atoms with Crippen LogP contribution in [0.15, 0.2) is 29.2 Å². The Morgan fingerprint density at radius 3 is 1.73 bits per heavy atom. The molecule has 0 aromatic heterocycles. The minimum Gasteiger partial charge on any atom is -0.399 e. The molecule has 7 N–H and O–H groups in total. The molecule has 0 radical (unpaired) electrons. The van der Waals surface area contributed by atoms with Gasteiger partial charge < -0.3 is 17.2 Å². The fourth-order valence-corrected chi connectivity index (χ4v) is 1.12. The van der Waals surface area contributed by atoms with Crippen LogP contribution in [0.25, 0.3) is 0 Å². The molecule has 0 fully saturated rings. The Bertz CT molecular complexity index is 422. The maximum Gasteiger partial charge on any atom is 0.309 e. The van der Waals surface area contributed by atoms with E-state index >= 15 is 0 Å².